The molecule has 0 aliphatic rings. The number of rotatable bonds is 9. The van der Waals surface area contributed by atoms with Crippen LogP contribution in [0.1, 0.15) is 24.8 Å². The highest BCUT2D eigenvalue weighted by Crippen LogP contribution is 2.33. The van der Waals surface area contributed by atoms with Crippen LogP contribution >= 0.6 is 11.6 Å². The van der Waals surface area contributed by atoms with Gasteiger partial charge < -0.3 is 20.1 Å². The summed E-state index contributed by atoms with van der Waals surface area (Å²) >= 11 is 5.82. The normalized spacial score (nSPS) is 10.9. The van der Waals surface area contributed by atoms with Crippen molar-refractivity contribution < 1.29 is 37.0 Å². The van der Waals surface area contributed by atoms with E-state index >= 15 is 0 Å². The van der Waals surface area contributed by atoms with Crippen molar-refractivity contribution in [3.63, 3.8) is 0 Å². The molecule has 2 rings (SSSR count). The fourth-order valence-electron chi connectivity index (χ4n) is 2.52. The third-order valence-corrected chi connectivity index (χ3v) is 4.40. The molecule has 0 saturated heterocycles. The molecule has 2 N–H and O–H groups in total. The summed E-state index contributed by atoms with van der Waals surface area (Å²) in [6.07, 6.45) is -4.82. The molecule has 0 bridgehead atoms. The van der Waals surface area contributed by atoms with Crippen molar-refractivity contribution in [2.24, 2.45) is 0 Å². The molecular formula is C21H20ClF3N2O5. The van der Waals surface area contributed by atoms with Crippen LogP contribution in [0, 0.1) is 0 Å². The number of alkyl halides is 3. The lowest BCUT2D eigenvalue weighted by Crippen LogP contribution is -2.21. The van der Waals surface area contributed by atoms with E-state index < -0.39 is 36.1 Å². The third kappa shape index (κ3) is 8.10. The Morgan fingerprint density at radius 1 is 1.00 bits per heavy atom. The molecule has 2 aromatic carbocycles. The lowest BCUT2D eigenvalue weighted by molar-refractivity contribution is -0.147. The minimum atomic E-state index is -4.58. The van der Waals surface area contributed by atoms with Gasteiger partial charge in [0.25, 0.3) is 5.91 Å². The number of hydrogen-bond donors (Lipinski definition) is 2. The van der Waals surface area contributed by atoms with Crippen LogP contribution in [0.2, 0.25) is 5.02 Å². The van der Waals surface area contributed by atoms with Crippen molar-refractivity contribution in [2.75, 3.05) is 24.4 Å². The van der Waals surface area contributed by atoms with E-state index in [1.54, 1.807) is 24.3 Å². The number of carbonyl (C=O) groups excluding carboxylic acids is 3. The van der Waals surface area contributed by atoms with E-state index in [0.717, 1.165) is 18.2 Å². The number of hydrogen-bond acceptors (Lipinski definition) is 5. The van der Waals surface area contributed by atoms with Crippen LogP contribution in [-0.4, -0.2) is 31.5 Å². The van der Waals surface area contributed by atoms with Gasteiger partial charge in [-0.15, -0.1) is 0 Å². The van der Waals surface area contributed by atoms with Crippen molar-refractivity contribution in [1.82, 2.24) is 0 Å². The van der Waals surface area contributed by atoms with Crippen LogP contribution in [0.15, 0.2) is 42.5 Å². The smallest absolute Gasteiger partial charge is 0.416 e. The Balaban J connectivity index is 1.72. The Labute approximate surface area is 186 Å². The van der Waals surface area contributed by atoms with Gasteiger partial charge >= 0.3 is 12.1 Å². The molecule has 0 saturated carbocycles. The molecule has 0 aromatic heterocycles. The van der Waals surface area contributed by atoms with E-state index in [1.807, 2.05) is 0 Å². The number of methoxy groups -OCH3 is 1. The summed E-state index contributed by atoms with van der Waals surface area (Å²) in [7, 11) is 1.48. The zero-order chi connectivity index (χ0) is 23.7. The molecular weight excluding hydrogens is 453 g/mol. The number of halogens is 4. The van der Waals surface area contributed by atoms with Crippen LogP contribution < -0.4 is 15.4 Å². The summed E-state index contributed by atoms with van der Waals surface area (Å²) in [5, 5.41) is 4.78. The summed E-state index contributed by atoms with van der Waals surface area (Å²) in [6.45, 7) is -0.512. The lowest BCUT2D eigenvalue weighted by Gasteiger charge is -2.11. The summed E-state index contributed by atoms with van der Waals surface area (Å²) in [4.78, 5) is 35.5. The summed E-state index contributed by atoms with van der Waals surface area (Å²) in [5.41, 5.74) is -0.661. The molecule has 2 aromatic rings. The molecule has 0 aliphatic carbocycles. The molecule has 0 heterocycles. The highest BCUT2D eigenvalue weighted by atomic mass is 35.5. The summed E-state index contributed by atoms with van der Waals surface area (Å²) in [6, 6.07) is 9.18. The minimum Gasteiger partial charge on any atom is -0.497 e. The van der Waals surface area contributed by atoms with E-state index in [9.17, 15) is 27.6 Å². The first-order valence-electron chi connectivity index (χ1n) is 9.34. The topological polar surface area (TPSA) is 93.7 Å². The molecule has 0 spiro atoms. The number of ether oxygens (including phenoxy) is 2. The minimum absolute atomic E-state index is 0.0483. The van der Waals surface area contributed by atoms with E-state index in [-0.39, 0.29) is 30.0 Å². The van der Waals surface area contributed by atoms with E-state index in [4.69, 9.17) is 21.1 Å². The lowest BCUT2D eigenvalue weighted by atomic mass is 10.2. The van der Waals surface area contributed by atoms with Crippen molar-refractivity contribution in [3.8, 4) is 5.75 Å². The Hall–Kier alpha value is -3.27. The predicted molar refractivity (Wildman–Crippen MR) is 112 cm³/mol. The van der Waals surface area contributed by atoms with Gasteiger partial charge in [0.15, 0.2) is 6.61 Å². The van der Waals surface area contributed by atoms with E-state index in [1.165, 1.54) is 7.11 Å². The van der Waals surface area contributed by atoms with Gasteiger partial charge in [0.05, 0.1) is 23.4 Å². The summed E-state index contributed by atoms with van der Waals surface area (Å²) in [5.74, 6) is -1.32. The first-order valence-corrected chi connectivity index (χ1v) is 9.72. The average Bonchev–Trinajstić information content (AvgIpc) is 2.73. The maximum absolute atomic E-state index is 12.8. The average molecular weight is 473 g/mol. The van der Waals surface area contributed by atoms with Crippen molar-refractivity contribution in [2.45, 2.75) is 25.4 Å². The van der Waals surface area contributed by atoms with Crippen molar-refractivity contribution in [3.05, 3.63) is 53.1 Å². The highest BCUT2D eigenvalue weighted by Gasteiger charge is 2.31. The molecule has 0 fully saturated rings. The highest BCUT2D eigenvalue weighted by molar-refractivity contribution is 6.33. The molecule has 0 aliphatic heterocycles. The van der Waals surface area contributed by atoms with Gasteiger partial charge in [0.2, 0.25) is 5.91 Å². The standard InChI is InChI=1S/C21H20ClF3N2O5/c1-31-15-5-2-4-14(11-15)26-19(29)12-32-20(30)7-3-6-18(28)27-17-10-13(21(23,24)25)8-9-16(17)22/h2,4-5,8-11H,3,6-7,12H2,1H3,(H,26,29)(H,27,28). The van der Waals surface area contributed by atoms with Gasteiger partial charge in [-0.25, -0.2) is 0 Å². The maximum atomic E-state index is 12.8. The van der Waals surface area contributed by atoms with Gasteiger partial charge in [-0.2, -0.15) is 13.2 Å². The SMILES string of the molecule is COc1cccc(NC(=O)COC(=O)CCCC(=O)Nc2cc(C(F)(F)F)ccc2Cl)c1. The van der Waals surface area contributed by atoms with Crippen LogP contribution in [0.5, 0.6) is 5.75 Å². The monoisotopic (exact) mass is 472 g/mol. The van der Waals surface area contributed by atoms with Crippen molar-refractivity contribution >= 4 is 40.8 Å². The Morgan fingerprint density at radius 3 is 2.44 bits per heavy atom. The number of esters is 1. The third-order valence-electron chi connectivity index (χ3n) is 4.07. The Morgan fingerprint density at radius 2 is 1.75 bits per heavy atom. The fraction of sp³-hybridized carbons (Fsp3) is 0.286. The number of amides is 2. The maximum Gasteiger partial charge on any atom is 0.416 e. The van der Waals surface area contributed by atoms with Gasteiger partial charge in [0.1, 0.15) is 5.75 Å². The number of nitrogens with one attached hydrogen (secondary N) is 2. The first-order chi connectivity index (χ1) is 15.1. The molecule has 0 radical (unpaired) electrons. The molecule has 172 valence electrons. The molecule has 0 atom stereocenters. The second kappa shape index (κ2) is 11.4. The largest absolute Gasteiger partial charge is 0.497 e. The van der Waals surface area contributed by atoms with Gasteiger partial charge in [0, 0.05) is 24.6 Å². The van der Waals surface area contributed by atoms with Gasteiger partial charge in [-0.05, 0) is 36.8 Å². The first kappa shape index (κ1) is 25.0. The predicted octanol–water partition coefficient (Wildman–Crippen LogP) is 4.66. The van der Waals surface area contributed by atoms with Crippen LogP contribution in [0.3, 0.4) is 0 Å². The fourth-order valence-corrected chi connectivity index (χ4v) is 2.68. The molecule has 11 heteroatoms. The molecule has 2 amide bonds. The van der Waals surface area contributed by atoms with Gasteiger partial charge in [-0.3, -0.25) is 14.4 Å². The summed E-state index contributed by atoms with van der Waals surface area (Å²) < 4.78 is 48.2. The van der Waals surface area contributed by atoms with E-state index in [0.29, 0.717) is 11.4 Å². The number of anilines is 2. The molecule has 32 heavy (non-hydrogen) atoms. The number of benzene rings is 2. The molecule has 0 unspecified atom stereocenters. The van der Waals surface area contributed by atoms with Gasteiger partial charge in [-0.1, -0.05) is 17.7 Å². The van der Waals surface area contributed by atoms with Crippen LogP contribution in [0.4, 0.5) is 24.5 Å². The van der Waals surface area contributed by atoms with E-state index in [2.05, 4.69) is 10.6 Å². The van der Waals surface area contributed by atoms with Crippen molar-refractivity contribution in [1.29, 1.82) is 0 Å². The Bertz CT molecular complexity index is 982. The zero-order valence-electron chi connectivity index (χ0n) is 16.9. The Kier molecular flexibility index (Phi) is 8.89. The van der Waals surface area contributed by atoms with Crippen LogP contribution in [0.25, 0.3) is 0 Å². The second-order valence-corrected chi connectivity index (χ2v) is 6.94. The second-order valence-electron chi connectivity index (χ2n) is 6.53. The molecule has 7 nitrogen and oxygen atoms in total. The quantitative estimate of drug-likeness (QED) is 0.518. The number of carbonyl (C=O) groups is 3. The zero-order valence-corrected chi connectivity index (χ0v) is 17.7. The van der Waals surface area contributed by atoms with Crippen LogP contribution in [-0.2, 0) is 25.3 Å².